The highest BCUT2D eigenvalue weighted by atomic mass is 79.9. The van der Waals surface area contributed by atoms with Gasteiger partial charge in [0.25, 0.3) is 0 Å². The van der Waals surface area contributed by atoms with Crippen LogP contribution in [0, 0.1) is 0 Å². The molecule has 0 aliphatic rings. The number of ether oxygens (including phenoxy) is 2. The van der Waals surface area contributed by atoms with Crippen LogP contribution in [0.1, 0.15) is 50.9 Å². The quantitative estimate of drug-likeness (QED) is 0.377. The number of esters is 1. The first-order valence-electron chi connectivity index (χ1n) is 9.95. The molecule has 0 fully saturated rings. The summed E-state index contributed by atoms with van der Waals surface area (Å²) in [5.41, 5.74) is -0.194. The summed E-state index contributed by atoms with van der Waals surface area (Å²) < 4.78 is 11.4. The molecular formula is C23H28BrNO5. The molecule has 0 unspecified atom stereocenters. The lowest BCUT2D eigenvalue weighted by atomic mass is 10.0. The van der Waals surface area contributed by atoms with Crippen LogP contribution in [0.4, 0.5) is 4.79 Å². The summed E-state index contributed by atoms with van der Waals surface area (Å²) in [5.74, 6) is -0.944. The number of nitrogens with zero attached hydrogens (tertiary/aromatic N) is 1. The molecule has 0 atom stereocenters. The van der Waals surface area contributed by atoms with Gasteiger partial charge in [0.1, 0.15) is 12.1 Å². The summed E-state index contributed by atoms with van der Waals surface area (Å²) in [7, 11) is 0. The molecule has 0 N–H and O–H groups in total. The van der Waals surface area contributed by atoms with Crippen LogP contribution < -0.4 is 0 Å². The lowest BCUT2D eigenvalue weighted by Crippen LogP contribution is -2.41. The van der Waals surface area contributed by atoms with Gasteiger partial charge in [-0.25, -0.2) is 4.79 Å². The van der Waals surface area contributed by atoms with Gasteiger partial charge in [-0.05, 0) is 56.2 Å². The second-order valence-electron chi connectivity index (χ2n) is 8.05. The number of amides is 1. The van der Waals surface area contributed by atoms with E-state index in [-0.39, 0.29) is 18.9 Å². The number of benzene rings is 2. The molecule has 2 aromatic rings. The molecule has 0 heterocycles. The molecule has 2 aromatic carbocycles. The van der Waals surface area contributed by atoms with E-state index in [9.17, 15) is 14.4 Å². The highest BCUT2D eigenvalue weighted by molar-refractivity contribution is 9.10. The van der Waals surface area contributed by atoms with Crippen molar-refractivity contribution in [3.05, 3.63) is 46.4 Å². The Hall–Kier alpha value is -2.41. The smallest absolute Gasteiger partial charge is 0.410 e. The second-order valence-corrected chi connectivity index (χ2v) is 8.96. The van der Waals surface area contributed by atoms with Crippen molar-refractivity contribution < 1.29 is 23.9 Å². The SMILES string of the molecule is CCCCN(CC(=O)OCC(=O)c1ccc2cc(Br)ccc2c1)C(=O)OC(C)(C)C. The molecule has 0 saturated heterocycles. The van der Waals surface area contributed by atoms with Gasteiger partial charge in [0, 0.05) is 16.6 Å². The number of carbonyl (C=O) groups is 3. The minimum Gasteiger partial charge on any atom is -0.456 e. The topological polar surface area (TPSA) is 72.9 Å². The molecule has 0 bridgehead atoms. The fourth-order valence-corrected chi connectivity index (χ4v) is 3.11. The van der Waals surface area contributed by atoms with Crippen LogP contribution >= 0.6 is 15.9 Å². The lowest BCUT2D eigenvalue weighted by molar-refractivity contribution is -0.143. The second kappa shape index (κ2) is 10.6. The Kier molecular flexibility index (Phi) is 8.41. The van der Waals surface area contributed by atoms with Crippen molar-refractivity contribution in [2.45, 2.75) is 46.1 Å². The number of hydrogen-bond donors (Lipinski definition) is 0. The third-order valence-corrected chi connectivity index (χ3v) is 4.74. The monoisotopic (exact) mass is 477 g/mol. The standard InChI is InChI=1S/C23H28BrNO5/c1-5-6-11-25(22(28)30-23(2,3)4)14-21(27)29-15-20(26)18-8-7-17-13-19(24)10-9-16(17)12-18/h7-10,12-13H,5-6,11,14-15H2,1-4H3. The van der Waals surface area contributed by atoms with Crippen LogP contribution in [-0.4, -0.2) is 48.0 Å². The summed E-state index contributed by atoms with van der Waals surface area (Å²) in [6.45, 7) is 7.04. The molecule has 162 valence electrons. The molecule has 7 heteroatoms. The van der Waals surface area contributed by atoms with Gasteiger partial charge in [0.2, 0.25) is 0 Å². The van der Waals surface area contributed by atoms with Crippen molar-refractivity contribution in [1.29, 1.82) is 0 Å². The van der Waals surface area contributed by atoms with Crippen molar-refractivity contribution in [2.24, 2.45) is 0 Å². The Morgan fingerprint density at radius 3 is 2.37 bits per heavy atom. The number of unbranched alkanes of at least 4 members (excludes halogenated alkanes) is 1. The Morgan fingerprint density at radius 2 is 1.70 bits per heavy atom. The predicted molar refractivity (Wildman–Crippen MR) is 120 cm³/mol. The maximum atomic E-state index is 12.4. The fraction of sp³-hybridized carbons (Fsp3) is 0.435. The van der Waals surface area contributed by atoms with E-state index >= 15 is 0 Å². The molecule has 0 radical (unpaired) electrons. The number of carbonyl (C=O) groups excluding carboxylic acids is 3. The van der Waals surface area contributed by atoms with Gasteiger partial charge in [0.15, 0.2) is 12.4 Å². The van der Waals surface area contributed by atoms with Gasteiger partial charge in [-0.3, -0.25) is 14.5 Å². The first kappa shape index (κ1) is 23.9. The van der Waals surface area contributed by atoms with E-state index < -0.39 is 17.7 Å². The third-order valence-electron chi connectivity index (χ3n) is 4.24. The largest absolute Gasteiger partial charge is 0.456 e. The van der Waals surface area contributed by atoms with Crippen LogP contribution in [-0.2, 0) is 14.3 Å². The van der Waals surface area contributed by atoms with Crippen molar-refractivity contribution in [1.82, 2.24) is 4.90 Å². The van der Waals surface area contributed by atoms with Crippen molar-refractivity contribution >= 4 is 44.5 Å². The number of hydrogen-bond acceptors (Lipinski definition) is 5. The van der Waals surface area contributed by atoms with Crippen LogP contribution in [0.5, 0.6) is 0 Å². The van der Waals surface area contributed by atoms with E-state index in [2.05, 4.69) is 15.9 Å². The van der Waals surface area contributed by atoms with E-state index in [1.807, 2.05) is 31.2 Å². The first-order valence-corrected chi connectivity index (χ1v) is 10.7. The number of fused-ring (bicyclic) bond motifs is 1. The molecule has 0 aliphatic carbocycles. The molecule has 30 heavy (non-hydrogen) atoms. The minimum atomic E-state index is -0.660. The number of rotatable bonds is 8. The highest BCUT2D eigenvalue weighted by Gasteiger charge is 2.24. The van der Waals surface area contributed by atoms with Crippen molar-refractivity contribution in [3.63, 3.8) is 0 Å². The molecular weight excluding hydrogens is 450 g/mol. The summed E-state index contributed by atoms with van der Waals surface area (Å²) in [5, 5.41) is 1.92. The van der Waals surface area contributed by atoms with Gasteiger partial charge in [-0.2, -0.15) is 0 Å². The Labute approximate surface area is 185 Å². The normalized spacial score (nSPS) is 11.2. The van der Waals surface area contributed by atoms with E-state index in [1.54, 1.807) is 32.9 Å². The Balaban J connectivity index is 1.96. The molecule has 0 saturated carbocycles. The maximum absolute atomic E-state index is 12.4. The van der Waals surface area contributed by atoms with Crippen LogP contribution in [0.25, 0.3) is 10.8 Å². The van der Waals surface area contributed by atoms with Gasteiger partial charge in [-0.15, -0.1) is 0 Å². The third kappa shape index (κ3) is 7.44. The van der Waals surface area contributed by atoms with Crippen molar-refractivity contribution in [2.75, 3.05) is 19.7 Å². The molecule has 2 rings (SSSR count). The maximum Gasteiger partial charge on any atom is 0.410 e. The fourth-order valence-electron chi connectivity index (χ4n) is 2.73. The zero-order valence-corrected chi connectivity index (χ0v) is 19.5. The molecule has 1 amide bonds. The molecule has 6 nitrogen and oxygen atoms in total. The lowest BCUT2D eigenvalue weighted by Gasteiger charge is -2.26. The molecule has 0 aromatic heterocycles. The van der Waals surface area contributed by atoms with Crippen LogP contribution in [0.15, 0.2) is 40.9 Å². The summed E-state index contributed by atoms with van der Waals surface area (Å²) in [6.07, 6.45) is 1.03. The van der Waals surface area contributed by atoms with E-state index in [0.29, 0.717) is 12.1 Å². The zero-order chi connectivity index (χ0) is 22.3. The Morgan fingerprint density at radius 1 is 1.03 bits per heavy atom. The van der Waals surface area contributed by atoms with Crippen molar-refractivity contribution in [3.8, 4) is 0 Å². The Bertz CT molecular complexity index is 919. The highest BCUT2D eigenvalue weighted by Crippen LogP contribution is 2.21. The van der Waals surface area contributed by atoms with E-state index in [1.165, 1.54) is 4.90 Å². The van der Waals surface area contributed by atoms with Crippen LogP contribution in [0.3, 0.4) is 0 Å². The summed E-state index contributed by atoms with van der Waals surface area (Å²) in [4.78, 5) is 38.3. The van der Waals surface area contributed by atoms with E-state index in [0.717, 1.165) is 28.1 Å². The average molecular weight is 478 g/mol. The molecule has 0 spiro atoms. The summed E-state index contributed by atoms with van der Waals surface area (Å²) in [6, 6.07) is 11.1. The van der Waals surface area contributed by atoms with Gasteiger partial charge in [0.05, 0.1) is 0 Å². The average Bonchev–Trinajstić information content (AvgIpc) is 2.67. The van der Waals surface area contributed by atoms with Gasteiger partial charge in [-0.1, -0.05) is 47.5 Å². The number of Topliss-reactive ketones (excluding diaryl/α,β-unsaturated/α-hetero) is 1. The number of ketones is 1. The number of halogens is 1. The van der Waals surface area contributed by atoms with Crippen LogP contribution in [0.2, 0.25) is 0 Å². The van der Waals surface area contributed by atoms with Gasteiger partial charge >= 0.3 is 12.1 Å². The zero-order valence-electron chi connectivity index (χ0n) is 17.9. The van der Waals surface area contributed by atoms with Gasteiger partial charge < -0.3 is 9.47 Å². The summed E-state index contributed by atoms with van der Waals surface area (Å²) >= 11 is 3.42. The van der Waals surface area contributed by atoms with E-state index in [4.69, 9.17) is 9.47 Å². The molecule has 0 aliphatic heterocycles. The first-order chi connectivity index (χ1) is 14.1. The minimum absolute atomic E-state index is 0.256. The predicted octanol–water partition coefficient (Wildman–Crippen LogP) is 5.37.